The highest BCUT2D eigenvalue weighted by atomic mass is 32.1. The Morgan fingerprint density at radius 2 is 1.87 bits per heavy atom. The van der Waals surface area contributed by atoms with Gasteiger partial charge in [0.2, 0.25) is 0 Å². The molecular formula is C25H46N4S. The predicted octanol–water partition coefficient (Wildman–Crippen LogP) is 5.47. The normalized spacial score (nSPS) is 30.5. The summed E-state index contributed by atoms with van der Waals surface area (Å²) in [5.41, 5.74) is 0. The van der Waals surface area contributed by atoms with Crippen molar-refractivity contribution in [2.45, 2.75) is 104 Å². The molecule has 5 heteroatoms. The molecule has 1 saturated carbocycles. The van der Waals surface area contributed by atoms with Crippen molar-refractivity contribution in [3.05, 3.63) is 0 Å². The minimum Gasteiger partial charge on any atom is -0.369 e. The van der Waals surface area contributed by atoms with E-state index in [1.165, 1.54) is 63.6 Å². The number of hydrogen-bond donors (Lipinski definition) is 1. The number of aliphatic imine (C=N–C) groups is 1. The Bertz CT molecular complexity index is 569. The SMILES string of the molecule is CCC(C)CC1=NC[C@H](CCCCN2C[C@@H](C)N(CCC3CCC(C)CC3)C2=S)N1. The molecular weight excluding hydrogens is 388 g/mol. The smallest absolute Gasteiger partial charge is 0.171 e. The van der Waals surface area contributed by atoms with Crippen LogP contribution in [0.5, 0.6) is 0 Å². The molecule has 2 aliphatic heterocycles. The molecule has 0 aromatic rings. The van der Waals surface area contributed by atoms with Gasteiger partial charge in [0.05, 0.1) is 12.4 Å². The minimum atomic E-state index is 0.559. The van der Waals surface area contributed by atoms with E-state index in [9.17, 15) is 0 Å². The first-order valence-electron chi connectivity index (χ1n) is 12.8. The van der Waals surface area contributed by atoms with Gasteiger partial charge in [0, 0.05) is 38.1 Å². The molecule has 3 atom stereocenters. The summed E-state index contributed by atoms with van der Waals surface area (Å²) in [4.78, 5) is 9.71. The highest BCUT2D eigenvalue weighted by Gasteiger charge is 2.31. The Hall–Kier alpha value is -0.840. The van der Waals surface area contributed by atoms with Gasteiger partial charge >= 0.3 is 0 Å². The summed E-state index contributed by atoms with van der Waals surface area (Å²) in [7, 11) is 0. The second-order valence-electron chi connectivity index (χ2n) is 10.5. The summed E-state index contributed by atoms with van der Waals surface area (Å²) in [5, 5.41) is 4.78. The maximum atomic E-state index is 5.87. The third-order valence-electron chi connectivity index (χ3n) is 7.79. The molecule has 1 N–H and O–H groups in total. The van der Waals surface area contributed by atoms with E-state index in [0.717, 1.165) is 55.5 Å². The van der Waals surface area contributed by atoms with Crippen LogP contribution in [0, 0.1) is 17.8 Å². The van der Waals surface area contributed by atoms with Crippen LogP contribution in [0.4, 0.5) is 0 Å². The van der Waals surface area contributed by atoms with Gasteiger partial charge in [0.15, 0.2) is 5.11 Å². The number of amidine groups is 1. The van der Waals surface area contributed by atoms with Gasteiger partial charge in [0.25, 0.3) is 0 Å². The van der Waals surface area contributed by atoms with Gasteiger partial charge < -0.3 is 15.1 Å². The molecule has 1 saturated heterocycles. The lowest BCUT2D eigenvalue weighted by atomic mass is 9.81. The van der Waals surface area contributed by atoms with Crippen LogP contribution in [0.3, 0.4) is 0 Å². The van der Waals surface area contributed by atoms with Crippen LogP contribution in [0.15, 0.2) is 4.99 Å². The third-order valence-corrected chi connectivity index (χ3v) is 8.28. The summed E-state index contributed by atoms with van der Waals surface area (Å²) in [5.74, 6) is 3.85. The zero-order chi connectivity index (χ0) is 21.5. The number of hydrogen-bond acceptors (Lipinski definition) is 3. The van der Waals surface area contributed by atoms with Crippen molar-refractivity contribution in [3.63, 3.8) is 0 Å². The monoisotopic (exact) mass is 434 g/mol. The Labute approximate surface area is 191 Å². The standard InChI is InChI=1S/C25H46N4S/c1-5-19(2)16-24-26-17-23(27-24)8-6-7-14-28-18-21(4)29(25(28)30)15-13-22-11-9-20(3)10-12-22/h19-23H,5-18H2,1-4H3,(H,26,27)/t19?,20?,21-,22?,23+/m1/s1. The van der Waals surface area contributed by atoms with Gasteiger partial charge in [-0.3, -0.25) is 4.99 Å². The summed E-state index contributed by atoms with van der Waals surface area (Å²) < 4.78 is 0. The number of nitrogens with zero attached hydrogens (tertiary/aromatic N) is 3. The maximum Gasteiger partial charge on any atom is 0.171 e. The second-order valence-corrected chi connectivity index (χ2v) is 10.9. The zero-order valence-corrected chi connectivity index (χ0v) is 20.9. The van der Waals surface area contributed by atoms with Gasteiger partial charge in [-0.15, -0.1) is 0 Å². The lowest BCUT2D eigenvalue weighted by molar-refractivity contribution is 0.249. The fraction of sp³-hybridized carbons (Fsp3) is 0.920. The van der Waals surface area contributed by atoms with Crippen molar-refractivity contribution in [1.29, 1.82) is 0 Å². The number of unbranched alkanes of at least 4 members (excludes halogenated alkanes) is 1. The molecule has 2 heterocycles. The van der Waals surface area contributed by atoms with Gasteiger partial charge in [-0.2, -0.15) is 0 Å². The van der Waals surface area contributed by atoms with Crippen LogP contribution in [-0.4, -0.2) is 59.0 Å². The van der Waals surface area contributed by atoms with E-state index >= 15 is 0 Å². The first-order valence-corrected chi connectivity index (χ1v) is 13.2. The lowest BCUT2D eigenvalue weighted by Crippen LogP contribution is -2.36. The van der Waals surface area contributed by atoms with E-state index in [1.54, 1.807) is 0 Å². The summed E-state index contributed by atoms with van der Waals surface area (Å²) in [6.45, 7) is 13.7. The molecule has 0 aromatic carbocycles. The molecule has 0 bridgehead atoms. The maximum absolute atomic E-state index is 5.87. The average Bonchev–Trinajstić information content (AvgIpc) is 3.28. The molecule has 0 aromatic heterocycles. The van der Waals surface area contributed by atoms with Gasteiger partial charge in [-0.1, -0.05) is 52.9 Å². The molecule has 3 rings (SSSR count). The molecule has 2 fully saturated rings. The third kappa shape index (κ3) is 6.83. The number of thiocarbonyl (C=S) groups is 1. The molecule has 4 nitrogen and oxygen atoms in total. The highest BCUT2D eigenvalue weighted by molar-refractivity contribution is 7.80. The summed E-state index contributed by atoms with van der Waals surface area (Å²) in [6.07, 6.45) is 13.1. The Balaban J connectivity index is 1.29. The van der Waals surface area contributed by atoms with Crippen molar-refractivity contribution >= 4 is 23.2 Å². The topological polar surface area (TPSA) is 30.9 Å². The molecule has 3 aliphatic rings. The molecule has 30 heavy (non-hydrogen) atoms. The first-order chi connectivity index (χ1) is 14.5. The summed E-state index contributed by atoms with van der Waals surface area (Å²) in [6, 6.07) is 1.14. The Kier molecular flexibility index (Phi) is 9.28. The van der Waals surface area contributed by atoms with Crippen molar-refractivity contribution in [1.82, 2.24) is 15.1 Å². The van der Waals surface area contributed by atoms with Crippen molar-refractivity contribution in [2.75, 3.05) is 26.2 Å². The Morgan fingerprint density at radius 3 is 2.60 bits per heavy atom. The van der Waals surface area contributed by atoms with Crippen LogP contribution in [0.25, 0.3) is 0 Å². The van der Waals surface area contributed by atoms with Crippen molar-refractivity contribution < 1.29 is 0 Å². The zero-order valence-electron chi connectivity index (χ0n) is 20.0. The van der Waals surface area contributed by atoms with Gasteiger partial charge in [-0.05, 0) is 62.6 Å². The van der Waals surface area contributed by atoms with E-state index in [-0.39, 0.29) is 0 Å². The van der Waals surface area contributed by atoms with Crippen molar-refractivity contribution in [3.8, 4) is 0 Å². The fourth-order valence-corrected chi connectivity index (χ4v) is 5.75. The largest absolute Gasteiger partial charge is 0.369 e. The van der Waals surface area contributed by atoms with E-state index < -0.39 is 0 Å². The lowest BCUT2D eigenvalue weighted by Gasteiger charge is -2.29. The van der Waals surface area contributed by atoms with E-state index in [0.29, 0.717) is 12.1 Å². The number of nitrogens with one attached hydrogen (secondary N) is 1. The minimum absolute atomic E-state index is 0.559. The molecule has 0 amide bonds. The van der Waals surface area contributed by atoms with E-state index in [4.69, 9.17) is 17.2 Å². The molecule has 0 spiro atoms. The van der Waals surface area contributed by atoms with Crippen LogP contribution in [0.1, 0.15) is 91.9 Å². The average molecular weight is 435 g/mol. The van der Waals surface area contributed by atoms with Gasteiger partial charge in [-0.25, -0.2) is 0 Å². The molecule has 1 unspecified atom stereocenters. The van der Waals surface area contributed by atoms with Gasteiger partial charge in [0.1, 0.15) is 0 Å². The predicted molar refractivity (Wildman–Crippen MR) is 133 cm³/mol. The highest BCUT2D eigenvalue weighted by Crippen LogP contribution is 2.31. The summed E-state index contributed by atoms with van der Waals surface area (Å²) >= 11 is 5.87. The molecule has 172 valence electrons. The van der Waals surface area contributed by atoms with Crippen LogP contribution >= 0.6 is 12.2 Å². The van der Waals surface area contributed by atoms with Crippen LogP contribution in [-0.2, 0) is 0 Å². The number of rotatable bonds is 11. The van der Waals surface area contributed by atoms with E-state index in [1.807, 2.05) is 0 Å². The fourth-order valence-electron chi connectivity index (χ4n) is 5.31. The van der Waals surface area contributed by atoms with Crippen molar-refractivity contribution in [2.24, 2.45) is 22.7 Å². The van der Waals surface area contributed by atoms with Crippen LogP contribution in [0.2, 0.25) is 0 Å². The van der Waals surface area contributed by atoms with E-state index in [2.05, 4.69) is 42.8 Å². The first kappa shape index (κ1) is 23.8. The quantitative estimate of drug-likeness (QED) is 0.345. The second kappa shape index (κ2) is 11.7. The molecule has 0 radical (unpaired) electrons. The molecule has 1 aliphatic carbocycles. The van der Waals surface area contributed by atoms with Crippen LogP contribution < -0.4 is 5.32 Å². The Morgan fingerprint density at radius 1 is 1.10 bits per heavy atom.